The summed E-state index contributed by atoms with van der Waals surface area (Å²) >= 11 is 5.78. The highest BCUT2D eigenvalue weighted by Crippen LogP contribution is 2.27. The number of aliphatic imine (C=N–C) groups is 1. The lowest BCUT2D eigenvalue weighted by molar-refractivity contribution is -0.121. The number of amides is 1. The summed E-state index contributed by atoms with van der Waals surface area (Å²) in [7, 11) is 3.03. The number of pyridine rings is 1. The van der Waals surface area contributed by atoms with Crippen molar-refractivity contribution >= 4 is 23.3 Å². The summed E-state index contributed by atoms with van der Waals surface area (Å²) < 4.78 is 65.8. The Morgan fingerprint density at radius 2 is 1.64 bits per heavy atom. The largest absolute Gasteiger partial charge is 0.497 e. The van der Waals surface area contributed by atoms with Crippen molar-refractivity contribution in [2.75, 3.05) is 14.2 Å². The first-order valence-electron chi connectivity index (χ1n) is 14.0. The first-order chi connectivity index (χ1) is 22.7. The van der Waals surface area contributed by atoms with Gasteiger partial charge < -0.3 is 18.7 Å². The number of hydrogen-bond donors (Lipinski definition) is 2. The van der Waals surface area contributed by atoms with E-state index >= 15 is 8.78 Å². The van der Waals surface area contributed by atoms with Crippen LogP contribution in [0.15, 0.2) is 88.4 Å². The van der Waals surface area contributed by atoms with Crippen LogP contribution in [0.25, 0.3) is 11.3 Å². The van der Waals surface area contributed by atoms with Crippen LogP contribution in [0.1, 0.15) is 22.5 Å². The fourth-order valence-electron chi connectivity index (χ4n) is 4.25. The second-order valence-electron chi connectivity index (χ2n) is 9.90. The number of methoxy groups -OCH3 is 1. The van der Waals surface area contributed by atoms with E-state index < -0.39 is 29.8 Å². The number of halogens is 4. The van der Waals surface area contributed by atoms with E-state index in [4.69, 9.17) is 30.3 Å². The normalized spacial score (nSPS) is 11.2. The van der Waals surface area contributed by atoms with Crippen LogP contribution in [-0.2, 0) is 24.4 Å². The van der Waals surface area contributed by atoms with Gasteiger partial charge in [0.15, 0.2) is 5.84 Å². The molecular weight excluding hydrogens is 639 g/mol. The van der Waals surface area contributed by atoms with Crippen molar-refractivity contribution in [3.05, 3.63) is 124 Å². The number of carbonyl (C=O) groups is 1. The van der Waals surface area contributed by atoms with Crippen molar-refractivity contribution in [1.29, 1.82) is 0 Å². The molecule has 0 bridgehead atoms. The molecule has 0 aliphatic rings. The van der Waals surface area contributed by atoms with Gasteiger partial charge in [-0.15, -0.1) is 0 Å². The monoisotopic (exact) mass is 665 g/mol. The molecule has 0 saturated carbocycles. The third-order valence-corrected chi connectivity index (χ3v) is 6.92. The molecule has 5 aromatic rings. The molecule has 0 atom stereocenters. The van der Waals surface area contributed by atoms with Crippen LogP contribution in [0, 0.1) is 17.5 Å². The molecule has 2 heterocycles. The molecule has 0 saturated heterocycles. The second-order valence-corrected chi connectivity index (χ2v) is 10.3. The Balaban J connectivity index is 1.16. The van der Waals surface area contributed by atoms with Gasteiger partial charge in [-0.1, -0.05) is 35.9 Å². The van der Waals surface area contributed by atoms with Crippen LogP contribution >= 0.6 is 11.6 Å². The molecule has 2 aromatic heterocycles. The molecule has 47 heavy (non-hydrogen) atoms. The number of nitrogens with zero attached hydrogens (tertiary/aromatic N) is 3. The van der Waals surface area contributed by atoms with E-state index in [-0.39, 0.29) is 64.0 Å². The summed E-state index contributed by atoms with van der Waals surface area (Å²) in [6.07, 6.45) is -0.497. The van der Waals surface area contributed by atoms with Crippen molar-refractivity contribution < 1.29 is 36.7 Å². The minimum atomic E-state index is -0.828. The number of nitrogens with one attached hydrogen (secondary N) is 2. The van der Waals surface area contributed by atoms with Crippen LogP contribution in [-0.4, -0.2) is 36.0 Å². The van der Waals surface area contributed by atoms with E-state index in [2.05, 4.69) is 26.0 Å². The Bertz CT molecular complexity index is 1900. The predicted octanol–water partition coefficient (Wildman–Crippen LogP) is 6.21. The van der Waals surface area contributed by atoms with Gasteiger partial charge in [0, 0.05) is 34.8 Å². The minimum absolute atomic E-state index is 0.0715. The zero-order valence-electron chi connectivity index (χ0n) is 25.0. The van der Waals surface area contributed by atoms with Gasteiger partial charge in [0.2, 0.25) is 17.5 Å². The van der Waals surface area contributed by atoms with E-state index in [1.165, 1.54) is 43.4 Å². The molecule has 0 spiro atoms. The predicted molar refractivity (Wildman–Crippen MR) is 167 cm³/mol. The molecule has 10 nitrogen and oxygen atoms in total. The van der Waals surface area contributed by atoms with Gasteiger partial charge in [0.25, 0.3) is 5.88 Å². The molecule has 0 radical (unpaired) electrons. The van der Waals surface area contributed by atoms with Gasteiger partial charge in [-0.25, -0.2) is 18.2 Å². The molecule has 3 aromatic carbocycles. The molecule has 0 unspecified atom stereocenters. The quantitative estimate of drug-likeness (QED) is 0.0971. The van der Waals surface area contributed by atoms with Gasteiger partial charge in [-0.05, 0) is 53.2 Å². The van der Waals surface area contributed by atoms with Crippen molar-refractivity contribution in [1.82, 2.24) is 21.0 Å². The lowest BCUT2D eigenvalue weighted by Crippen LogP contribution is -2.42. The molecule has 2 N–H and O–H groups in total. The lowest BCUT2D eigenvalue weighted by Gasteiger charge is -2.11. The summed E-state index contributed by atoms with van der Waals surface area (Å²) in [4.78, 5) is 20.8. The Labute approximate surface area is 272 Å². The Morgan fingerprint density at radius 3 is 2.38 bits per heavy atom. The summed E-state index contributed by atoms with van der Waals surface area (Å²) in [6, 6.07) is 19.3. The summed E-state index contributed by atoms with van der Waals surface area (Å²) in [6.45, 7) is 0.0687. The first-order valence-corrected chi connectivity index (χ1v) is 14.4. The van der Waals surface area contributed by atoms with Gasteiger partial charge in [-0.2, -0.15) is 0 Å². The number of amidine groups is 1. The highest BCUT2D eigenvalue weighted by Gasteiger charge is 2.18. The first kappa shape index (κ1) is 32.8. The van der Waals surface area contributed by atoms with E-state index in [1.807, 2.05) is 12.1 Å². The van der Waals surface area contributed by atoms with Crippen LogP contribution in [0.2, 0.25) is 5.02 Å². The van der Waals surface area contributed by atoms with E-state index in [0.29, 0.717) is 0 Å². The van der Waals surface area contributed by atoms with E-state index in [0.717, 1.165) is 29.5 Å². The number of hydrazine groups is 1. The maximum absolute atomic E-state index is 15.1. The van der Waals surface area contributed by atoms with Crippen LogP contribution in [0.3, 0.4) is 0 Å². The van der Waals surface area contributed by atoms with Gasteiger partial charge in [-0.3, -0.25) is 20.6 Å². The van der Waals surface area contributed by atoms with Gasteiger partial charge >= 0.3 is 0 Å². The fraction of sp³-hybridized carbons (Fsp3) is 0.152. The van der Waals surface area contributed by atoms with E-state index in [1.54, 1.807) is 19.2 Å². The van der Waals surface area contributed by atoms with Crippen molar-refractivity contribution in [2.24, 2.45) is 4.99 Å². The van der Waals surface area contributed by atoms with Crippen molar-refractivity contribution in [3.63, 3.8) is 0 Å². The van der Waals surface area contributed by atoms with Crippen LogP contribution in [0.4, 0.5) is 13.2 Å². The number of carbonyl (C=O) groups excluding carboxylic acids is 1. The fourth-order valence-corrected chi connectivity index (χ4v) is 4.41. The van der Waals surface area contributed by atoms with E-state index in [9.17, 15) is 9.18 Å². The SMILES string of the molecule is CN=C(NNC(=O)Cc1cc(F)c(-c2cccc(OCc3ccc(Cl)cc3F)n2)cc1F)c1cc(OCc2ccc(OC)cc2)no1. The van der Waals surface area contributed by atoms with Crippen LogP contribution < -0.4 is 25.1 Å². The zero-order valence-corrected chi connectivity index (χ0v) is 25.8. The lowest BCUT2D eigenvalue weighted by atomic mass is 10.0. The topological polar surface area (TPSA) is 120 Å². The summed E-state index contributed by atoms with van der Waals surface area (Å²) in [5.41, 5.74) is 5.83. The maximum Gasteiger partial charge on any atom is 0.255 e. The number of ether oxygens (including phenoxy) is 3. The smallest absolute Gasteiger partial charge is 0.255 e. The molecular formula is C33H27ClF3N5O5. The molecule has 0 fully saturated rings. The Kier molecular flexibility index (Phi) is 10.6. The Hall–Kier alpha value is -5.56. The molecule has 0 aliphatic heterocycles. The number of aromatic nitrogens is 2. The summed E-state index contributed by atoms with van der Waals surface area (Å²) in [5, 5.41) is 4.08. The molecule has 0 aliphatic carbocycles. The highest BCUT2D eigenvalue weighted by molar-refractivity contribution is 6.30. The molecule has 242 valence electrons. The molecule has 1 amide bonds. The van der Waals surface area contributed by atoms with Crippen molar-refractivity contribution in [2.45, 2.75) is 19.6 Å². The highest BCUT2D eigenvalue weighted by atomic mass is 35.5. The van der Waals surface area contributed by atoms with Gasteiger partial charge in [0.1, 0.15) is 36.4 Å². The summed E-state index contributed by atoms with van der Waals surface area (Å²) in [5.74, 6) is -1.62. The Morgan fingerprint density at radius 1 is 0.872 bits per heavy atom. The number of hydrogen-bond acceptors (Lipinski definition) is 8. The average Bonchev–Trinajstić information content (AvgIpc) is 3.54. The minimum Gasteiger partial charge on any atom is -0.497 e. The average molecular weight is 666 g/mol. The van der Waals surface area contributed by atoms with Crippen LogP contribution in [0.5, 0.6) is 17.5 Å². The zero-order chi connectivity index (χ0) is 33.3. The maximum atomic E-state index is 15.1. The van der Waals surface area contributed by atoms with Gasteiger partial charge in [0.05, 0.1) is 25.3 Å². The molecule has 14 heteroatoms. The third-order valence-electron chi connectivity index (χ3n) is 6.69. The second kappa shape index (κ2) is 15.1. The third kappa shape index (κ3) is 8.58. The van der Waals surface area contributed by atoms with Crippen molar-refractivity contribution in [3.8, 4) is 28.8 Å². The molecule has 5 rings (SSSR count). The number of benzene rings is 3. The standard InChI is InChI=1S/C33H27ClF3N5O5/c1-38-33(29-16-32(42-47-29)45-17-19-6-10-23(44-2)11-7-19)41-40-30(43)13-21-12-27(37)24(15-26(21)36)28-4-3-5-31(39-28)46-18-20-8-9-22(34)14-25(20)35/h3-12,14-16H,13,17-18H2,1-2H3,(H,38,41)(H,40,43). The number of rotatable bonds is 11.